The largest absolute Gasteiger partial charge is 0.286 e. The fourth-order valence-electron chi connectivity index (χ4n) is 2.78. The molecule has 0 bridgehead atoms. The van der Waals surface area contributed by atoms with E-state index in [9.17, 15) is 0 Å². The van der Waals surface area contributed by atoms with E-state index in [1.165, 1.54) is 24.8 Å². The van der Waals surface area contributed by atoms with Gasteiger partial charge in [0, 0.05) is 18.0 Å². The van der Waals surface area contributed by atoms with Crippen LogP contribution in [0.15, 0.2) is 54.9 Å². The summed E-state index contributed by atoms with van der Waals surface area (Å²) < 4.78 is 0. The van der Waals surface area contributed by atoms with Crippen LogP contribution in [0, 0.1) is 11.8 Å². The summed E-state index contributed by atoms with van der Waals surface area (Å²) in [6, 6.07) is 14.6. The third kappa shape index (κ3) is 3.71. The van der Waals surface area contributed by atoms with Crippen LogP contribution in [0.3, 0.4) is 0 Å². The minimum Gasteiger partial charge on any atom is -0.286 e. The molecular weight excluding hydrogens is 256 g/mol. The van der Waals surface area contributed by atoms with E-state index in [1.807, 2.05) is 30.6 Å². The Kier molecular flexibility index (Phi) is 4.66. The predicted octanol–water partition coefficient (Wildman–Crippen LogP) is 3.66. The molecule has 1 aliphatic rings. The number of likely N-dealkylation sites (tertiary alicyclic amines) is 1. The average Bonchev–Trinajstić information content (AvgIpc) is 2.58. The number of hydrogen-bond acceptors (Lipinski definition) is 2. The normalized spacial score (nSPS) is 16.8. The number of aromatic nitrogens is 1. The molecule has 1 fully saturated rings. The van der Waals surface area contributed by atoms with Gasteiger partial charge in [0.1, 0.15) is 0 Å². The first-order valence-electron chi connectivity index (χ1n) is 7.64. The van der Waals surface area contributed by atoms with Crippen LogP contribution >= 0.6 is 0 Å². The molecule has 0 saturated carbocycles. The van der Waals surface area contributed by atoms with Crippen molar-refractivity contribution in [3.63, 3.8) is 0 Å². The van der Waals surface area contributed by atoms with Gasteiger partial charge in [-0.3, -0.25) is 9.88 Å². The Hall–Kier alpha value is -2.11. The van der Waals surface area contributed by atoms with Crippen LogP contribution in [0.4, 0.5) is 0 Å². The molecule has 21 heavy (non-hydrogen) atoms. The van der Waals surface area contributed by atoms with Gasteiger partial charge in [0.05, 0.1) is 6.04 Å². The van der Waals surface area contributed by atoms with E-state index < -0.39 is 0 Å². The molecule has 2 heterocycles. The van der Waals surface area contributed by atoms with Crippen molar-refractivity contribution >= 4 is 0 Å². The Morgan fingerprint density at radius 3 is 2.33 bits per heavy atom. The molecule has 1 aromatic heterocycles. The lowest BCUT2D eigenvalue weighted by Crippen LogP contribution is -2.33. The van der Waals surface area contributed by atoms with Gasteiger partial charge in [0.15, 0.2) is 0 Å². The van der Waals surface area contributed by atoms with E-state index in [1.54, 1.807) is 0 Å². The molecule has 2 heteroatoms. The maximum atomic E-state index is 4.12. The maximum absolute atomic E-state index is 4.12. The van der Waals surface area contributed by atoms with Gasteiger partial charge in [-0.05, 0) is 55.8 Å². The highest BCUT2D eigenvalue weighted by molar-refractivity contribution is 5.37. The highest BCUT2D eigenvalue weighted by Gasteiger charge is 2.20. The summed E-state index contributed by atoms with van der Waals surface area (Å²) in [5.41, 5.74) is 2.32. The summed E-state index contributed by atoms with van der Waals surface area (Å²) in [5.74, 6) is 6.80. The third-order valence-corrected chi connectivity index (χ3v) is 3.90. The SMILES string of the molecule is C(#CC(c1ccncc1)N1CCCCC1)c1ccccc1. The van der Waals surface area contributed by atoms with Crippen LogP contribution in [-0.2, 0) is 0 Å². The lowest BCUT2D eigenvalue weighted by Gasteiger charge is -2.31. The van der Waals surface area contributed by atoms with E-state index in [0.717, 1.165) is 18.7 Å². The molecule has 1 unspecified atom stereocenters. The second kappa shape index (κ2) is 7.06. The van der Waals surface area contributed by atoms with Crippen molar-refractivity contribution < 1.29 is 0 Å². The number of nitrogens with zero attached hydrogens (tertiary/aromatic N) is 2. The van der Waals surface area contributed by atoms with Crippen molar-refractivity contribution in [3.8, 4) is 11.8 Å². The van der Waals surface area contributed by atoms with E-state index in [-0.39, 0.29) is 6.04 Å². The minimum absolute atomic E-state index is 0.175. The van der Waals surface area contributed by atoms with E-state index in [2.05, 4.69) is 46.0 Å². The lowest BCUT2D eigenvalue weighted by atomic mass is 10.0. The monoisotopic (exact) mass is 276 g/mol. The molecule has 1 aromatic carbocycles. The first kappa shape index (κ1) is 13.9. The molecule has 0 aliphatic carbocycles. The fourth-order valence-corrected chi connectivity index (χ4v) is 2.78. The van der Waals surface area contributed by atoms with Gasteiger partial charge in [0.25, 0.3) is 0 Å². The first-order chi connectivity index (χ1) is 10.4. The smallest absolute Gasteiger partial charge is 0.0975 e. The molecule has 0 spiro atoms. The Morgan fingerprint density at radius 2 is 1.62 bits per heavy atom. The zero-order valence-electron chi connectivity index (χ0n) is 12.2. The molecule has 106 valence electrons. The molecule has 2 nitrogen and oxygen atoms in total. The molecule has 2 aromatic rings. The summed E-state index contributed by atoms with van der Waals surface area (Å²) in [6.07, 6.45) is 7.60. The van der Waals surface area contributed by atoms with Crippen molar-refractivity contribution in [1.82, 2.24) is 9.88 Å². The van der Waals surface area contributed by atoms with Gasteiger partial charge in [-0.2, -0.15) is 0 Å². The summed E-state index contributed by atoms with van der Waals surface area (Å²) in [4.78, 5) is 6.62. The van der Waals surface area contributed by atoms with Gasteiger partial charge in [-0.25, -0.2) is 0 Å². The number of hydrogen-bond donors (Lipinski definition) is 0. The lowest BCUT2D eigenvalue weighted by molar-refractivity contribution is 0.197. The van der Waals surface area contributed by atoms with E-state index >= 15 is 0 Å². The van der Waals surface area contributed by atoms with Gasteiger partial charge >= 0.3 is 0 Å². The van der Waals surface area contributed by atoms with Gasteiger partial charge in [-0.15, -0.1) is 0 Å². The van der Waals surface area contributed by atoms with Crippen molar-refractivity contribution in [2.75, 3.05) is 13.1 Å². The Morgan fingerprint density at radius 1 is 0.905 bits per heavy atom. The number of piperidine rings is 1. The van der Waals surface area contributed by atoms with Crippen LogP contribution in [0.25, 0.3) is 0 Å². The van der Waals surface area contributed by atoms with Crippen LogP contribution in [0.5, 0.6) is 0 Å². The quantitative estimate of drug-likeness (QED) is 0.778. The molecular formula is C19H20N2. The van der Waals surface area contributed by atoms with Crippen LogP contribution < -0.4 is 0 Å². The first-order valence-corrected chi connectivity index (χ1v) is 7.64. The van der Waals surface area contributed by atoms with Crippen LogP contribution in [0.2, 0.25) is 0 Å². The average molecular weight is 276 g/mol. The Bertz CT molecular complexity index is 604. The summed E-state index contributed by atoms with van der Waals surface area (Å²) in [6.45, 7) is 2.27. The molecule has 3 rings (SSSR count). The Labute approximate surface area is 126 Å². The van der Waals surface area contributed by atoms with Crippen molar-refractivity contribution in [2.45, 2.75) is 25.3 Å². The Balaban J connectivity index is 1.87. The number of rotatable bonds is 2. The summed E-state index contributed by atoms with van der Waals surface area (Å²) in [7, 11) is 0. The van der Waals surface area contributed by atoms with E-state index in [0.29, 0.717) is 0 Å². The van der Waals surface area contributed by atoms with Crippen molar-refractivity contribution in [3.05, 3.63) is 66.0 Å². The van der Waals surface area contributed by atoms with Crippen LogP contribution in [-0.4, -0.2) is 23.0 Å². The van der Waals surface area contributed by atoms with Crippen LogP contribution in [0.1, 0.15) is 36.4 Å². The number of pyridine rings is 1. The highest BCUT2D eigenvalue weighted by atomic mass is 15.2. The molecule has 0 N–H and O–H groups in total. The molecule has 0 amide bonds. The van der Waals surface area contributed by atoms with E-state index in [4.69, 9.17) is 0 Å². The van der Waals surface area contributed by atoms with Crippen molar-refractivity contribution in [1.29, 1.82) is 0 Å². The molecule has 1 saturated heterocycles. The standard InChI is InChI=1S/C19H20N2/c1-3-7-17(8-4-1)9-10-19(18-11-13-20-14-12-18)21-15-5-2-6-16-21/h1,3-4,7-8,11-14,19H,2,5-6,15-16H2. The fraction of sp³-hybridized carbons (Fsp3) is 0.316. The summed E-state index contributed by atoms with van der Waals surface area (Å²) in [5, 5.41) is 0. The topological polar surface area (TPSA) is 16.1 Å². The molecule has 0 radical (unpaired) electrons. The second-order valence-electron chi connectivity index (χ2n) is 5.42. The van der Waals surface area contributed by atoms with Gasteiger partial charge in [0.2, 0.25) is 0 Å². The third-order valence-electron chi connectivity index (χ3n) is 3.90. The maximum Gasteiger partial charge on any atom is 0.0975 e. The zero-order valence-corrected chi connectivity index (χ0v) is 12.2. The second-order valence-corrected chi connectivity index (χ2v) is 5.42. The predicted molar refractivity (Wildman–Crippen MR) is 85.7 cm³/mol. The highest BCUT2D eigenvalue weighted by Crippen LogP contribution is 2.23. The molecule has 1 atom stereocenters. The zero-order chi connectivity index (χ0) is 14.3. The minimum atomic E-state index is 0.175. The molecule has 1 aliphatic heterocycles. The summed E-state index contributed by atoms with van der Waals surface area (Å²) >= 11 is 0. The van der Waals surface area contributed by atoms with Gasteiger partial charge in [-0.1, -0.05) is 36.5 Å². The number of benzene rings is 1. The van der Waals surface area contributed by atoms with Gasteiger partial charge < -0.3 is 0 Å². The van der Waals surface area contributed by atoms with Crippen molar-refractivity contribution in [2.24, 2.45) is 0 Å².